The van der Waals surface area contributed by atoms with Crippen LogP contribution in [0.5, 0.6) is 0 Å². The van der Waals surface area contributed by atoms with Crippen molar-refractivity contribution in [2.24, 2.45) is 0 Å². The fourth-order valence-electron chi connectivity index (χ4n) is 2.52. The summed E-state index contributed by atoms with van der Waals surface area (Å²) in [6.45, 7) is 2.11. The van der Waals surface area contributed by atoms with E-state index in [1.165, 1.54) is 4.90 Å². The van der Waals surface area contributed by atoms with Crippen molar-refractivity contribution in [3.8, 4) is 0 Å². The van der Waals surface area contributed by atoms with Gasteiger partial charge in [-0.25, -0.2) is 4.79 Å². The molecule has 0 spiro atoms. The third-order valence-corrected chi connectivity index (χ3v) is 3.75. The van der Waals surface area contributed by atoms with E-state index in [1.807, 2.05) is 4.90 Å². The summed E-state index contributed by atoms with van der Waals surface area (Å²) in [7, 11) is 3.46. The molecule has 19 heavy (non-hydrogen) atoms. The van der Waals surface area contributed by atoms with Crippen LogP contribution in [0.2, 0.25) is 0 Å². The van der Waals surface area contributed by atoms with Crippen LogP contribution in [0.1, 0.15) is 25.7 Å². The maximum atomic E-state index is 12.1. The van der Waals surface area contributed by atoms with Gasteiger partial charge < -0.3 is 19.9 Å². The fraction of sp³-hybridized carbons (Fsp3) is 0.846. The van der Waals surface area contributed by atoms with Crippen LogP contribution >= 0.6 is 0 Å². The number of urea groups is 1. The summed E-state index contributed by atoms with van der Waals surface area (Å²) in [6, 6.07) is 0.104. The minimum absolute atomic E-state index is 0.0658. The number of carbonyl (C=O) groups is 2. The van der Waals surface area contributed by atoms with Crippen LogP contribution in [-0.4, -0.2) is 67.7 Å². The van der Waals surface area contributed by atoms with E-state index in [-0.39, 0.29) is 24.1 Å². The van der Waals surface area contributed by atoms with E-state index < -0.39 is 0 Å². The standard InChI is InChI=1S/C13H23N3O3/c1-15(2)13(18)14-10-5-7-16(8-6-10)12(17)11-4-3-9-19-11/h10-11H,3-9H2,1-2H3,(H,14,18). The lowest BCUT2D eigenvalue weighted by molar-refractivity contribution is -0.142. The first-order valence-corrected chi connectivity index (χ1v) is 6.96. The van der Waals surface area contributed by atoms with E-state index >= 15 is 0 Å². The molecule has 3 amide bonds. The van der Waals surface area contributed by atoms with Gasteiger partial charge >= 0.3 is 6.03 Å². The number of carbonyl (C=O) groups excluding carboxylic acids is 2. The smallest absolute Gasteiger partial charge is 0.317 e. The van der Waals surface area contributed by atoms with E-state index in [0.29, 0.717) is 19.7 Å². The molecule has 6 nitrogen and oxygen atoms in total. The summed E-state index contributed by atoms with van der Waals surface area (Å²) in [5, 5.41) is 2.97. The van der Waals surface area contributed by atoms with Crippen LogP contribution in [0.4, 0.5) is 4.79 Å². The van der Waals surface area contributed by atoms with Crippen molar-refractivity contribution in [1.29, 1.82) is 0 Å². The zero-order valence-corrected chi connectivity index (χ0v) is 11.7. The van der Waals surface area contributed by atoms with Gasteiger partial charge in [0.15, 0.2) is 0 Å². The third-order valence-electron chi connectivity index (χ3n) is 3.75. The van der Waals surface area contributed by atoms with Crippen LogP contribution in [0.3, 0.4) is 0 Å². The van der Waals surface area contributed by atoms with Gasteiger partial charge in [0.25, 0.3) is 5.91 Å². The second-order valence-electron chi connectivity index (χ2n) is 5.45. The lowest BCUT2D eigenvalue weighted by Gasteiger charge is -2.34. The number of amides is 3. The largest absolute Gasteiger partial charge is 0.368 e. The Morgan fingerprint density at radius 2 is 1.89 bits per heavy atom. The Bertz CT molecular complexity index is 332. The highest BCUT2D eigenvalue weighted by Gasteiger charge is 2.31. The maximum absolute atomic E-state index is 12.1. The Morgan fingerprint density at radius 1 is 1.21 bits per heavy atom. The molecule has 0 aromatic heterocycles. The predicted octanol–water partition coefficient (Wildman–Crippen LogP) is 0.428. The molecule has 2 fully saturated rings. The molecule has 0 aromatic rings. The van der Waals surface area contributed by atoms with Gasteiger partial charge in [-0.15, -0.1) is 0 Å². The number of piperidine rings is 1. The number of hydrogen-bond acceptors (Lipinski definition) is 3. The van der Waals surface area contributed by atoms with Crippen molar-refractivity contribution < 1.29 is 14.3 Å². The van der Waals surface area contributed by atoms with Gasteiger partial charge in [0.1, 0.15) is 6.10 Å². The van der Waals surface area contributed by atoms with E-state index in [0.717, 1.165) is 25.7 Å². The molecule has 2 saturated heterocycles. The third kappa shape index (κ3) is 3.59. The molecular weight excluding hydrogens is 246 g/mol. The molecular formula is C13H23N3O3. The number of hydrogen-bond donors (Lipinski definition) is 1. The van der Waals surface area contributed by atoms with Gasteiger partial charge in [0.05, 0.1) is 0 Å². The molecule has 6 heteroatoms. The first-order chi connectivity index (χ1) is 9.08. The summed E-state index contributed by atoms with van der Waals surface area (Å²) in [5.74, 6) is 0.120. The Labute approximate surface area is 114 Å². The first kappa shape index (κ1) is 14.1. The minimum atomic E-state index is -0.229. The summed E-state index contributed by atoms with van der Waals surface area (Å²) in [4.78, 5) is 27.1. The molecule has 108 valence electrons. The van der Waals surface area contributed by atoms with Crippen LogP contribution in [0.15, 0.2) is 0 Å². The lowest BCUT2D eigenvalue weighted by Crippen LogP contribution is -2.50. The molecule has 2 aliphatic rings. The van der Waals surface area contributed by atoms with Crippen molar-refractivity contribution >= 4 is 11.9 Å². The van der Waals surface area contributed by atoms with E-state index in [2.05, 4.69) is 5.32 Å². The Balaban J connectivity index is 1.75. The molecule has 1 N–H and O–H groups in total. The Kier molecular flexibility index (Phi) is 4.63. The fourth-order valence-corrected chi connectivity index (χ4v) is 2.52. The summed E-state index contributed by atoms with van der Waals surface area (Å²) < 4.78 is 5.42. The minimum Gasteiger partial charge on any atom is -0.368 e. The summed E-state index contributed by atoms with van der Waals surface area (Å²) in [6.07, 6.45) is 3.23. The SMILES string of the molecule is CN(C)C(=O)NC1CCN(C(=O)C2CCCO2)CC1. The van der Waals surface area contributed by atoms with E-state index in [9.17, 15) is 9.59 Å². The molecule has 0 aromatic carbocycles. The lowest BCUT2D eigenvalue weighted by atomic mass is 10.0. The second-order valence-corrected chi connectivity index (χ2v) is 5.45. The molecule has 0 radical (unpaired) electrons. The number of nitrogens with one attached hydrogen (secondary N) is 1. The molecule has 2 heterocycles. The zero-order valence-electron chi connectivity index (χ0n) is 11.7. The highest BCUT2D eigenvalue weighted by molar-refractivity contribution is 5.81. The van der Waals surface area contributed by atoms with Gasteiger partial charge in [-0.1, -0.05) is 0 Å². The normalized spacial score (nSPS) is 24.3. The number of ether oxygens (including phenoxy) is 1. The molecule has 0 saturated carbocycles. The average Bonchev–Trinajstić information content (AvgIpc) is 2.92. The van der Waals surface area contributed by atoms with Crippen LogP contribution in [-0.2, 0) is 9.53 Å². The summed E-state index contributed by atoms with van der Waals surface area (Å²) in [5.41, 5.74) is 0. The van der Waals surface area contributed by atoms with E-state index in [1.54, 1.807) is 14.1 Å². The van der Waals surface area contributed by atoms with Crippen molar-refractivity contribution in [3.05, 3.63) is 0 Å². The van der Waals surface area contributed by atoms with Gasteiger partial charge in [-0.2, -0.15) is 0 Å². The average molecular weight is 269 g/mol. The molecule has 1 unspecified atom stereocenters. The number of rotatable bonds is 2. The Hall–Kier alpha value is -1.30. The molecule has 0 aliphatic carbocycles. The van der Waals surface area contributed by atoms with Gasteiger partial charge in [-0.3, -0.25) is 4.79 Å². The highest BCUT2D eigenvalue weighted by atomic mass is 16.5. The van der Waals surface area contributed by atoms with E-state index in [4.69, 9.17) is 4.74 Å². The highest BCUT2D eigenvalue weighted by Crippen LogP contribution is 2.18. The van der Waals surface area contributed by atoms with Crippen molar-refractivity contribution in [2.75, 3.05) is 33.8 Å². The number of nitrogens with zero attached hydrogens (tertiary/aromatic N) is 2. The van der Waals surface area contributed by atoms with Gasteiger partial charge in [0.2, 0.25) is 0 Å². The quantitative estimate of drug-likeness (QED) is 0.790. The van der Waals surface area contributed by atoms with Crippen molar-refractivity contribution in [1.82, 2.24) is 15.1 Å². The second kappa shape index (κ2) is 6.23. The van der Waals surface area contributed by atoms with Crippen molar-refractivity contribution in [2.45, 2.75) is 37.8 Å². The molecule has 1 atom stereocenters. The zero-order chi connectivity index (χ0) is 13.8. The van der Waals surface area contributed by atoms with Gasteiger partial charge in [-0.05, 0) is 25.7 Å². The predicted molar refractivity (Wildman–Crippen MR) is 70.8 cm³/mol. The van der Waals surface area contributed by atoms with Crippen LogP contribution in [0, 0.1) is 0 Å². The van der Waals surface area contributed by atoms with Crippen LogP contribution < -0.4 is 5.32 Å². The topological polar surface area (TPSA) is 61.9 Å². The molecule has 2 rings (SSSR count). The first-order valence-electron chi connectivity index (χ1n) is 6.96. The molecule has 0 bridgehead atoms. The van der Waals surface area contributed by atoms with Crippen LogP contribution in [0.25, 0.3) is 0 Å². The van der Waals surface area contributed by atoms with Gasteiger partial charge in [0, 0.05) is 39.8 Å². The molecule has 2 aliphatic heterocycles. The number of likely N-dealkylation sites (tertiary alicyclic amines) is 1. The Morgan fingerprint density at radius 3 is 2.42 bits per heavy atom. The monoisotopic (exact) mass is 269 g/mol. The van der Waals surface area contributed by atoms with Crippen molar-refractivity contribution in [3.63, 3.8) is 0 Å². The maximum Gasteiger partial charge on any atom is 0.317 e. The summed E-state index contributed by atoms with van der Waals surface area (Å²) >= 11 is 0.